The van der Waals surface area contributed by atoms with Gasteiger partial charge in [-0.3, -0.25) is 4.79 Å². The van der Waals surface area contributed by atoms with Gasteiger partial charge in [0.1, 0.15) is 5.75 Å². The van der Waals surface area contributed by atoms with Crippen LogP contribution in [0, 0.1) is 0 Å². The highest BCUT2D eigenvalue weighted by Crippen LogP contribution is 2.18. The molecule has 0 aliphatic heterocycles. The highest BCUT2D eigenvalue weighted by atomic mass is 16.5. The van der Waals surface area contributed by atoms with Crippen molar-refractivity contribution in [1.29, 1.82) is 0 Å². The SMILES string of the molecule is C=Cc1ccccc1OC(C)=O.CC.CN. The molecule has 16 heavy (non-hydrogen) atoms. The minimum absolute atomic E-state index is 0.315. The Morgan fingerprint density at radius 2 is 1.81 bits per heavy atom. The first kappa shape index (κ1) is 16.8. The van der Waals surface area contributed by atoms with Crippen molar-refractivity contribution < 1.29 is 9.53 Å². The Kier molecular flexibility index (Phi) is 12.0. The molecule has 0 saturated heterocycles. The summed E-state index contributed by atoms with van der Waals surface area (Å²) in [6.07, 6.45) is 1.65. The number of benzene rings is 1. The Morgan fingerprint density at radius 1 is 1.31 bits per heavy atom. The first-order valence-corrected chi connectivity index (χ1v) is 5.21. The smallest absolute Gasteiger partial charge is 0.308 e. The van der Waals surface area contributed by atoms with Gasteiger partial charge in [-0.05, 0) is 13.1 Å². The van der Waals surface area contributed by atoms with Crippen molar-refractivity contribution in [3.63, 3.8) is 0 Å². The maximum Gasteiger partial charge on any atom is 0.308 e. The number of esters is 1. The minimum atomic E-state index is -0.315. The summed E-state index contributed by atoms with van der Waals surface area (Å²) < 4.78 is 4.93. The minimum Gasteiger partial charge on any atom is -0.426 e. The van der Waals surface area contributed by atoms with Gasteiger partial charge in [-0.25, -0.2) is 0 Å². The molecule has 0 heterocycles. The molecule has 0 spiro atoms. The maximum atomic E-state index is 10.6. The summed E-state index contributed by atoms with van der Waals surface area (Å²) in [5.41, 5.74) is 5.33. The second-order valence-electron chi connectivity index (χ2n) is 2.34. The molecule has 3 nitrogen and oxygen atoms in total. The van der Waals surface area contributed by atoms with Gasteiger partial charge in [0.15, 0.2) is 0 Å². The van der Waals surface area contributed by atoms with Crippen molar-refractivity contribution in [2.24, 2.45) is 5.73 Å². The van der Waals surface area contributed by atoms with Crippen LogP contribution in [0.15, 0.2) is 30.8 Å². The molecular weight excluding hydrogens is 202 g/mol. The summed E-state index contributed by atoms with van der Waals surface area (Å²) in [7, 11) is 1.50. The summed E-state index contributed by atoms with van der Waals surface area (Å²) in [6.45, 7) is 8.98. The lowest BCUT2D eigenvalue weighted by atomic mass is 10.2. The Hall–Kier alpha value is -1.61. The molecule has 1 aromatic carbocycles. The number of nitrogens with two attached hydrogens (primary N) is 1. The first-order chi connectivity index (χ1) is 7.74. The first-order valence-electron chi connectivity index (χ1n) is 5.21. The zero-order valence-electron chi connectivity index (χ0n) is 10.5. The van der Waals surface area contributed by atoms with E-state index in [4.69, 9.17) is 4.74 Å². The van der Waals surface area contributed by atoms with Crippen molar-refractivity contribution in [3.8, 4) is 5.75 Å². The van der Waals surface area contributed by atoms with Crippen LogP contribution in [0.25, 0.3) is 6.08 Å². The number of hydrogen-bond acceptors (Lipinski definition) is 3. The fourth-order valence-corrected chi connectivity index (χ4v) is 0.897. The van der Waals surface area contributed by atoms with E-state index in [-0.39, 0.29) is 5.97 Å². The Bertz CT molecular complexity index is 309. The molecule has 3 heteroatoms. The average molecular weight is 223 g/mol. The number of para-hydroxylation sites is 1. The van der Waals surface area contributed by atoms with Gasteiger partial charge in [-0.15, -0.1) is 0 Å². The third kappa shape index (κ3) is 6.79. The van der Waals surface area contributed by atoms with Crippen LogP contribution in [0.1, 0.15) is 26.3 Å². The van der Waals surface area contributed by atoms with Crippen LogP contribution in [-0.4, -0.2) is 13.0 Å². The fraction of sp³-hybridized carbons (Fsp3) is 0.308. The van der Waals surface area contributed by atoms with Crippen molar-refractivity contribution >= 4 is 12.0 Å². The lowest BCUT2D eigenvalue weighted by molar-refractivity contribution is -0.131. The van der Waals surface area contributed by atoms with Crippen LogP contribution in [0.5, 0.6) is 5.75 Å². The van der Waals surface area contributed by atoms with Crippen LogP contribution < -0.4 is 10.5 Å². The van der Waals surface area contributed by atoms with Gasteiger partial charge < -0.3 is 10.5 Å². The van der Waals surface area contributed by atoms with Crippen LogP contribution in [0.2, 0.25) is 0 Å². The van der Waals surface area contributed by atoms with E-state index in [1.165, 1.54) is 14.0 Å². The molecule has 0 unspecified atom stereocenters. The molecular formula is C13H21NO2. The third-order valence-corrected chi connectivity index (χ3v) is 1.39. The highest BCUT2D eigenvalue weighted by molar-refractivity contribution is 5.71. The van der Waals surface area contributed by atoms with E-state index < -0.39 is 0 Å². The van der Waals surface area contributed by atoms with Crippen molar-refractivity contribution in [3.05, 3.63) is 36.4 Å². The van der Waals surface area contributed by atoms with E-state index in [1.807, 2.05) is 32.0 Å². The van der Waals surface area contributed by atoms with Crippen LogP contribution in [-0.2, 0) is 4.79 Å². The van der Waals surface area contributed by atoms with Gasteiger partial charge in [0.2, 0.25) is 0 Å². The zero-order chi connectivity index (χ0) is 13.0. The van der Waals surface area contributed by atoms with Gasteiger partial charge in [0, 0.05) is 12.5 Å². The van der Waals surface area contributed by atoms with Gasteiger partial charge in [0.05, 0.1) is 0 Å². The van der Waals surface area contributed by atoms with E-state index in [1.54, 1.807) is 12.1 Å². The van der Waals surface area contributed by atoms with Crippen molar-refractivity contribution in [2.45, 2.75) is 20.8 Å². The number of carbonyl (C=O) groups excluding carboxylic acids is 1. The molecule has 0 fully saturated rings. The largest absolute Gasteiger partial charge is 0.426 e. The molecule has 0 atom stereocenters. The quantitative estimate of drug-likeness (QED) is 0.619. The molecule has 0 radical (unpaired) electrons. The van der Waals surface area contributed by atoms with Gasteiger partial charge in [-0.2, -0.15) is 0 Å². The van der Waals surface area contributed by atoms with Crippen molar-refractivity contribution in [2.75, 3.05) is 7.05 Å². The number of hydrogen-bond donors (Lipinski definition) is 1. The van der Waals surface area contributed by atoms with E-state index in [0.717, 1.165) is 5.56 Å². The zero-order valence-corrected chi connectivity index (χ0v) is 10.5. The second-order valence-corrected chi connectivity index (χ2v) is 2.34. The standard InChI is InChI=1S/C10H10O2.C2H6.CH5N/c1-3-9-6-4-5-7-10(9)12-8(2)11;2*1-2/h3-7H,1H2,2H3;1-2H3;2H2,1H3. The summed E-state index contributed by atoms with van der Waals surface area (Å²) in [6, 6.07) is 7.25. The summed E-state index contributed by atoms with van der Waals surface area (Å²) in [4.78, 5) is 10.6. The maximum absolute atomic E-state index is 10.6. The molecule has 0 bridgehead atoms. The molecule has 0 aliphatic carbocycles. The Labute approximate surface area is 97.9 Å². The summed E-state index contributed by atoms with van der Waals surface area (Å²) in [5, 5.41) is 0. The van der Waals surface area contributed by atoms with Gasteiger partial charge in [0.25, 0.3) is 0 Å². The lowest BCUT2D eigenvalue weighted by Gasteiger charge is -2.03. The second kappa shape index (κ2) is 11.5. The third-order valence-electron chi connectivity index (χ3n) is 1.39. The average Bonchev–Trinajstić information content (AvgIpc) is 2.34. The summed E-state index contributed by atoms with van der Waals surface area (Å²) in [5.74, 6) is 0.240. The van der Waals surface area contributed by atoms with Gasteiger partial charge in [-0.1, -0.05) is 44.7 Å². The molecule has 2 N–H and O–H groups in total. The Balaban J connectivity index is 0. The van der Waals surface area contributed by atoms with E-state index in [0.29, 0.717) is 5.75 Å². The van der Waals surface area contributed by atoms with E-state index >= 15 is 0 Å². The Morgan fingerprint density at radius 3 is 2.25 bits per heavy atom. The van der Waals surface area contributed by atoms with Gasteiger partial charge >= 0.3 is 5.97 Å². The monoisotopic (exact) mass is 223 g/mol. The lowest BCUT2D eigenvalue weighted by Crippen LogP contribution is -2.02. The predicted molar refractivity (Wildman–Crippen MR) is 69.3 cm³/mol. The van der Waals surface area contributed by atoms with Crippen LogP contribution >= 0.6 is 0 Å². The molecule has 0 saturated carbocycles. The van der Waals surface area contributed by atoms with E-state index in [9.17, 15) is 4.79 Å². The predicted octanol–water partition coefficient (Wildman–Crippen LogP) is 2.86. The fourth-order valence-electron chi connectivity index (χ4n) is 0.897. The van der Waals surface area contributed by atoms with Crippen molar-refractivity contribution in [1.82, 2.24) is 0 Å². The molecule has 0 aromatic heterocycles. The number of carbonyl (C=O) groups is 1. The summed E-state index contributed by atoms with van der Waals surface area (Å²) >= 11 is 0. The molecule has 90 valence electrons. The van der Waals surface area contributed by atoms with Crippen LogP contribution in [0.3, 0.4) is 0 Å². The molecule has 1 aromatic rings. The topological polar surface area (TPSA) is 52.3 Å². The molecule has 1 rings (SSSR count). The van der Waals surface area contributed by atoms with Crippen LogP contribution in [0.4, 0.5) is 0 Å². The normalized spacial score (nSPS) is 7.56. The highest BCUT2D eigenvalue weighted by Gasteiger charge is 2.00. The molecule has 0 aliphatic rings. The number of rotatable bonds is 2. The van der Waals surface area contributed by atoms with E-state index in [2.05, 4.69) is 12.3 Å². The number of ether oxygens (including phenoxy) is 1. The molecule has 0 amide bonds.